The fourth-order valence-corrected chi connectivity index (χ4v) is 1.71. The predicted molar refractivity (Wildman–Crippen MR) is 64.0 cm³/mol. The molecule has 3 nitrogen and oxygen atoms in total. The van der Waals surface area contributed by atoms with Crippen LogP contribution < -0.4 is 10.5 Å². The number of ether oxygens (including phenoxy) is 2. The van der Waals surface area contributed by atoms with Crippen molar-refractivity contribution in [2.75, 3.05) is 19.9 Å². The number of halogens is 1. The van der Waals surface area contributed by atoms with Crippen LogP contribution in [0.2, 0.25) is 0 Å². The average molecular weight is 274 g/mol. The van der Waals surface area contributed by atoms with E-state index in [4.69, 9.17) is 15.2 Å². The van der Waals surface area contributed by atoms with E-state index in [1.165, 1.54) is 5.56 Å². The summed E-state index contributed by atoms with van der Waals surface area (Å²) in [4.78, 5) is 0. The molecule has 0 atom stereocenters. The summed E-state index contributed by atoms with van der Waals surface area (Å²) >= 11 is 3.45. The Kier molecular flexibility index (Phi) is 5.68. The molecule has 0 aliphatic carbocycles. The Labute approximate surface area is 98.7 Å². The van der Waals surface area contributed by atoms with Gasteiger partial charge in [-0.05, 0) is 53.5 Å². The van der Waals surface area contributed by atoms with Crippen LogP contribution in [0.15, 0.2) is 22.7 Å². The Balaban J connectivity index is 2.58. The molecule has 0 saturated carbocycles. The van der Waals surface area contributed by atoms with Crippen LogP contribution in [0, 0.1) is 0 Å². The monoisotopic (exact) mass is 273 g/mol. The molecule has 0 aromatic heterocycles. The van der Waals surface area contributed by atoms with E-state index in [9.17, 15) is 0 Å². The van der Waals surface area contributed by atoms with Crippen LogP contribution in [0.1, 0.15) is 12.5 Å². The van der Waals surface area contributed by atoms with E-state index >= 15 is 0 Å². The van der Waals surface area contributed by atoms with Crippen molar-refractivity contribution in [3.8, 4) is 5.75 Å². The largest absolute Gasteiger partial charge is 0.466 e. The molecule has 0 aliphatic rings. The second kappa shape index (κ2) is 6.82. The van der Waals surface area contributed by atoms with Gasteiger partial charge in [0.05, 0.1) is 4.47 Å². The minimum absolute atomic E-state index is 0.283. The van der Waals surface area contributed by atoms with Crippen molar-refractivity contribution in [2.45, 2.75) is 13.3 Å². The summed E-state index contributed by atoms with van der Waals surface area (Å²) in [6, 6.07) is 5.96. The molecule has 0 unspecified atom stereocenters. The first kappa shape index (κ1) is 12.5. The highest BCUT2D eigenvalue weighted by Gasteiger charge is 2.02. The van der Waals surface area contributed by atoms with Crippen LogP contribution in [0.4, 0.5) is 0 Å². The van der Waals surface area contributed by atoms with Gasteiger partial charge >= 0.3 is 0 Å². The van der Waals surface area contributed by atoms with Crippen LogP contribution in [-0.2, 0) is 11.2 Å². The molecular weight excluding hydrogens is 258 g/mol. The molecule has 0 radical (unpaired) electrons. The highest BCUT2D eigenvalue weighted by molar-refractivity contribution is 9.10. The minimum Gasteiger partial charge on any atom is -0.466 e. The predicted octanol–water partition coefficient (Wildman–Crippen LogP) is 2.32. The van der Waals surface area contributed by atoms with Crippen molar-refractivity contribution < 1.29 is 9.47 Å². The standard InChI is InChI=1S/C11H16BrNO2/c1-2-14-8-15-11-4-3-9(5-6-13)7-10(11)12/h3-4,7H,2,5-6,8,13H2,1H3. The summed E-state index contributed by atoms with van der Waals surface area (Å²) < 4.78 is 11.5. The second-order valence-corrected chi connectivity index (χ2v) is 3.91. The third-order valence-electron chi connectivity index (χ3n) is 1.93. The topological polar surface area (TPSA) is 44.5 Å². The maximum atomic E-state index is 5.48. The van der Waals surface area contributed by atoms with Crippen LogP contribution in [0.25, 0.3) is 0 Å². The summed E-state index contributed by atoms with van der Waals surface area (Å²) in [7, 11) is 0. The molecule has 1 aromatic carbocycles. The lowest BCUT2D eigenvalue weighted by atomic mass is 10.1. The summed E-state index contributed by atoms with van der Waals surface area (Å²) in [5.41, 5.74) is 6.68. The lowest BCUT2D eigenvalue weighted by molar-refractivity contribution is 0.0219. The van der Waals surface area contributed by atoms with Gasteiger partial charge in [-0.15, -0.1) is 0 Å². The molecule has 2 N–H and O–H groups in total. The number of hydrogen-bond acceptors (Lipinski definition) is 3. The summed E-state index contributed by atoms with van der Waals surface area (Å²) in [6.07, 6.45) is 0.879. The molecule has 0 bridgehead atoms. The molecule has 1 aromatic rings. The van der Waals surface area contributed by atoms with Gasteiger partial charge in [-0.2, -0.15) is 0 Å². The maximum Gasteiger partial charge on any atom is 0.189 e. The van der Waals surface area contributed by atoms with Gasteiger partial charge < -0.3 is 15.2 Å². The first-order chi connectivity index (χ1) is 7.27. The zero-order chi connectivity index (χ0) is 11.1. The molecule has 84 valence electrons. The lowest BCUT2D eigenvalue weighted by Crippen LogP contribution is -2.04. The van der Waals surface area contributed by atoms with E-state index in [0.29, 0.717) is 13.2 Å². The molecule has 0 aliphatic heterocycles. The summed E-state index contributed by atoms with van der Waals surface area (Å²) in [5.74, 6) is 0.796. The van der Waals surface area contributed by atoms with Crippen LogP contribution >= 0.6 is 15.9 Å². The van der Waals surface area contributed by atoms with Gasteiger partial charge in [0.1, 0.15) is 5.75 Å². The smallest absolute Gasteiger partial charge is 0.189 e. The minimum atomic E-state index is 0.283. The summed E-state index contributed by atoms with van der Waals surface area (Å²) in [5, 5.41) is 0. The van der Waals surface area contributed by atoms with Crippen molar-refractivity contribution in [1.29, 1.82) is 0 Å². The molecule has 15 heavy (non-hydrogen) atoms. The average Bonchev–Trinajstić information content (AvgIpc) is 2.22. The molecule has 0 heterocycles. The third-order valence-corrected chi connectivity index (χ3v) is 2.55. The highest BCUT2D eigenvalue weighted by atomic mass is 79.9. The van der Waals surface area contributed by atoms with E-state index in [2.05, 4.69) is 15.9 Å². The van der Waals surface area contributed by atoms with Gasteiger partial charge in [0, 0.05) is 6.61 Å². The van der Waals surface area contributed by atoms with Crippen molar-refractivity contribution in [3.05, 3.63) is 28.2 Å². The Morgan fingerprint density at radius 3 is 2.80 bits per heavy atom. The molecule has 0 saturated heterocycles. The SMILES string of the molecule is CCOCOc1ccc(CCN)cc1Br. The summed E-state index contributed by atoms with van der Waals surface area (Å²) in [6.45, 7) is 3.53. The van der Waals surface area contributed by atoms with E-state index in [1.807, 2.05) is 25.1 Å². The zero-order valence-electron chi connectivity index (χ0n) is 8.83. The van der Waals surface area contributed by atoms with Crippen molar-refractivity contribution in [2.24, 2.45) is 5.73 Å². The van der Waals surface area contributed by atoms with Gasteiger partial charge in [-0.3, -0.25) is 0 Å². The molecule has 0 spiro atoms. The quantitative estimate of drug-likeness (QED) is 0.639. The zero-order valence-corrected chi connectivity index (χ0v) is 10.4. The normalized spacial score (nSPS) is 10.3. The molecule has 4 heteroatoms. The van der Waals surface area contributed by atoms with E-state index in [-0.39, 0.29) is 6.79 Å². The number of rotatable bonds is 6. The van der Waals surface area contributed by atoms with Crippen molar-refractivity contribution in [1.82, 2.24) is 0 Å². The fraction of sp³-hybridized carbons (Fsp3) is 0.455. The second-order valence-electron chi connectivity index (χ2n) is 3.06. The van der Waals surface area contributed by atoms with Crippen molar-refractivity contribution >= 4 is 15.9 Å². The van der Waals surface area contributed by atoms with E-state index in [0.717, 1.165) is 16.6 Å². The first-order valence-electron chi connectivity index (χ1n) is 4.97. The van der Waals surface area contributed by atoms with E-state index < -0.39 is 0 Å². The number of benzene rings is 1. The maximum absolute atomic E-state index is 5.48. The van der Waals surface area contributed by atoms with Gasteiger partial charge in [0.25, 0.3) is 0 Å². The molecular formula is C11H16BrNO2. The van der Waals surface area contributed by atoms with Crippen molar-refractivity contribution in [3.63, 3.8) is 0 Å². The van der Waals surface area contributed by atoms with Gasteiger partial charge in [0.15, 0.2) is 6.79 Å². The van der Waals surface area contributed by atoms with Crippen LogP contribution in [0.3, 0.4) is 0 Å². The van der Waals surface area contributed by atoms with E-state index in [1.54, 1.807) is 0 Å². The van der Waals surface area contributed by atoms with Gasteiger partial charge in [-0.25, -0.2) is 0 Å². The molecule has 0 fully saturated rings. The molecule has 0 amide bonds. The Morgan fingerprint density at radius 1 is 1.40 bits per heavy atom. The fourth-order valence-electron chi connectivity index (χ4n) is 1.17. The number of hydrogen-bond donors (Lipinski definition) is 1. The van der Waals surface area contributed by atoms with Gasteiger partial charge in [-0.1, -0.05) is 6.07 Å². The highest BCUT2D eigenvalue weighted by Crippen LogP contribution is 2.26. The van der Waals surface area contributed by atoms with Crippen LogP contribution in [0.5, 0.6) is 5.75 Å². The number of nitrogens with two attached hydrogens (primary N) is 1. The van der Waals surface area contributed by atoms with Gasteiger partial charge in [0.2, 0.25) is 0 Å². The molecule has 1 rings (SSSR count). The van der Waals surface area contributed by atoms with Crippen LogP contribution in [-0.4, -0.2) is 19.9 Å². The Hall–Kier alpha value is -0.580. The Bertz CT molecular complexity index is 305. The Morgan fingerprint density at radius 2 is 2.20 bits per heavy atom. The lowest BCUT2D eigenvalue weighted by Gasteiger charge is -2.09. The third kappa shape index (κ3) is 4.20. The first-order valence-corrected chi connectivity index (χ1v) is 5.76.